The summed E-state index contributed by atoms with van der Waals surface area (Å²) in [4.78, 5) is 17.0. The molecule has 0 N–H and O–H groups in total. The van der Waals surface area contributed by atoms with Gasteiger partial charge >= 0.3 is 0 Å². The maximum atomic E-state index is 13.1. The molecule has 29 heavy (non-hydrogen) atoms. The molecule has 0 spiro atoms. The highest BCUT2D eigenvalue weighted by Crippen LogP contribution is 2.33. The van der Waals surface area contributed by atoms with Crippen molar-refractivity contribution in [2.24, 2.45) is 0 Å². The van der Waals surface area contributed by atoms with Gasteiger partial charge in [-0.05, 0) is 55.7 Å². The highest BCUT2D eigenvalue weighted by molar-refractivity contribution is 7.91. The van der Waals surface area contributed by atoms with Crippen LogP contribution in [0.5, 0.6) is 0 Å². The van der Waals surface area contributed by atoms with E-state index in [1.54, 1.807) is 4.90 Å². The fourth-order valence-corrected chi connectivity index (χ4v) is 6.96. The number of benzene rings is 1. The minimum Gasteiger partial charge on any atom is -0.306 e. The van der Waals surface area contributed by atoms with Crippen molar-refractivity contribution < 1.29 is 13.2 Å². The van der Waals surface area contributed by atoms with Crippen molar-refractivity contribution in [1.29, 1.82) is 0 Å². The SMILES string of the molecule is CC(C)c1ccc(N2C(=O)CN(CCC3=CCCCC3)C3CS(=O)(=O)CC32)cc1. The molecule has 5 nitrogen and oxygen atoms in total. The van der Waals surface area contributed by atoms with Gasteiger partial charge in [0.15, 0.2) is 9.84 Å². The third-order valence-corrected chi connectivity index (χ3v) is 8.34. The highest BCUT2D eigenvalue weighted by Gasteiger charge is 2.49. The number of carbonyl (C=O) groups excluding carboxylic acids is 1. The first-order chi connectivity index (χ1) is 13.8. The number of rotatable bonds is 5. The van der Waals surface area contributed by atoms with Gasteiger partial charge in [0.1, 0.15) is 0 Å². The summed E-state index contributed by atoms with van der Waals surface area (Å²) in [7, 11) is -3.14. The maximum Gasteiger partial charge on any atom is 0.241 e. The molecule has 0 aromatic heterocycles. The Morgan fingerprint density at radius 1 is 1.07 bits per heavy atom. The summed E-state index contributed by atoms with van der Waals surface area (Å²) in [6, 6.07) is 7.65. The zero-order valence-corrected chi connectivity index (χ0v) is 18.3. The summed E-state index contributed by atoms with van der Waals surface area (Å²) in [6.45, 7) is 5.35. The van der Waals surface area contributed by atoms with Crippen molar-refractivity contribution in [2.75, 3.05) is 29.5 Å². The molecule has 0 bridgehead atoms. The van der Waals surface area contributed by atoms with E-state index in [9.17, 15) is 13.2 Å². The van der Waals surface area contributed by atoms with Crippen molar-refractivity contribution in [2.45, 2.75) is 64.0 Å². The van der Waals surface area contributed by atoms with Gasteiger partial charge in [0.2, 0.25) is 5.91 Å². The van der Waals surface area contributed by atoms with E-state index >= 15 is 0 Å². The van der Waals surface area contributed by atoms with Crippen LogP contribution in [-0.2, 0) is 14.6 Å². The summed E-state index contributed by atoms with van der Waals surface area (Å²) in [5.41, 5.74) is 3.50. The van der Waals surface area contributed by atoms with Crippen molar-refractivity contribution >= 4 is 21.4 Å². The number of fused-ring (bicyclic) bond motifs is 1. The van der Waals surface area contributed by atoms with E-state index in [0.717, 1.165) is 31.5 Å². The first-order valence-electron chi connectivity index (χ1n) is 10.9. The van der Waals surface area contributed by atoms with Crippen LogP contribution in [0.1, 0.15) is 57.4 Å². The third-order valence-electron chi connectivity index (χ3n) is 6.64. The summed E-state index contributed by atoms with van der Waals surface area (Å²) in [6.07, 6.45) is 8.07. The number of allylic oxidation sites excluding steroid dienone is 1. The Kier molecular flexibility index (Phi) is 5.85. The average molecular weight is 417 g/mol. The Balaban J connectivity index is 1.55. The monoisotopic (exact) mass is 416 g/mol. The molecule has 3 aliphatic rings. The predicted octanol–water partition coefficient (Wildman–Crippen LogP) is 3.51. The molecule has 2 unspecified atom stereocenters. The predicted molar refractivity (Wildman–Crippen MR) is 117 cm³/mol. The molecule has 1 aromatic rings. The fourth-order valence-electron chi connectivity index (χ4n) is 4.98. The standard InChI is InChI=1S/C23H32N2O3S/c1-17(2)19-8-10-20(11-9-19)25-22-16-29(27,28)15-21(22)24(14-23(25)26)13-12-18-6-4-3-5-7-18/h6,8-11,17,21-22H,3-5,7,12-16H2,1-2H3. The molecule has 2 saturated heterocycles. The van der Waals surface area contributed by atoms with Gasteiger partial charge in [-0.25, -0.2) is 8.42 Å². The summed E-state index contributed by atoms with van der Waals surface area (Å²) in [5.74, 6) is 0.655. The van der Waals surface area contributed by atoms with Gasteiger partial charge < -0.3 is 4.90 Å². The Bertz CT molecular complexity index is 889. The molecule has 2 fully saturated rings. The fraction of sp³-hybridized carbons (Fsp3) is 0.609. The van der Waals surface area contributed by atoms with Gasteiger partial charge in [-0.15, -0.1) is 0 Å². The first-order valence-corrected chi connectivity index (χ1v) is 12.7. The number of anilines is 1. The van der Waals surface area contributed by atoms with Crippen molar-refractivity contribution in [3.8, 4) is 0 Å². The molecule has 6 heteroatoms. The maximum absolute atomic E-state index is 13.1. The lowest BCUT2D eigenvalue weighted by atomic mass is 9.96. The molecular formula is C23H32N2O3S. The Labute approximate surface area is 174 Å². The lowest BCUT2D eigenvalue weighted by molar-refractivity contribution is -0.123. The van der Waals surface area contributed by atoms with Gasteiger partial charge in [0.05, 0.1) is 24.1 Å². The van der Waals surface area contributed by atoms with E-state index in [0.29, 0.717) is 12.5 Å². The summed E-state index contributed by atoms with van der Waals surface area (Å²) < 4.78 is 25.0. The molecule has 1 aromatic carbocycles. The van der Waals surface area contributed by atoms with Crippen LogP contribution in [0, 0.1) is 0 Å². The van der Waals surface area contributed by atoms with Gasteiger partial charge in [0.25, 0.3) is 0 Å². The van der Waals surface area contributed by atoms with Crippen LogP contribution >= 0.6 is 0 Å². The molecule has 158 valence electrons. The third kappa shape index (κ3) is 4.43. The average Bonchev–Trinajstić information content (AvgIpc) is 3.02. The van der Waals surface area contributed by atoms with E-state index in [2.05, 4.69) is 24.8 Å². The van der Waals surface area contributed by atoms with Crippen LogP contribution in [0.3, 0.4) is 0 Å². The van der Waals surface area contributed by atoms with Crippen molar-refractivity contribution in [3.05, 3.63) is 41.5 Å². The molecule has 4 rings (SSSR count). The van der Waals surface area contributed by atoms with Crippen molar-refractivity contribution in [1.82, 2.24) is 4.90 Å². The lowest BCUT2D eigenvalue weighted by Gasteiger charge is -2.43. The molecule has 0 radical (unpaired) electrons. The van der Waals surface area contributed by atoms with Crippen LogP contribution in [0.2, 0.25) is 0 Å². The Morgan fingerprint density at radius 2 is 1.79 bits per heavy atom. The molecule has 2 aliphatic heterocycles. The number of piperazine rings is 1. The van der Waals surface area contributed by atoms with E-state index < -0.39 is 9.84 Å². The number of carbonyl (C=O) groups is 1. The minimum atomic E-state index is -3.14. The van der Waals surface area contributed by atoms with Crippen LogP contribution < -0.4 is 4.90 Å². The zero-order valence-electron chi connectivity index (χ0n) is 17.5. The molecule has 2 heterocycles. The van der Waals surface area contributed by atoms with E-state index in [-0.39, 0.29) is 29.5 Å². The Morgan fingerprint density at radius 3 is 2.45 bits per heavy atom. The number of nitrogens with zero attached hydrogens (tertiary/aromatic N) is 2. The quantitative estimate of drug-likeness (QED) is 0.689. The molecule has 1 aliphatic carbocycles. The van der Waals surface area contributed by atoms with Crippen LogP contribution in [-0.4, -0.2) is 55.9 Å². The van der Waals surface area contributed by atoms with Crippen LogP contribution in [0.15, 0.2) is 35.9 Å². The lowest BCUT2D eigenvalue weighted by Crippen LogP contribution is -2.62. The molecule has 2 atom stereocenters. The number of hydrogen-bond donors (Lipinski definition) is 0. The normalized spacial score (nSPS) is 27.2. The van der Waals surface area contributed by atoms with Gasteiger partial charge in [-0.2, -0.15) is 0 Å². The second-order valence-corrected chi connectivity index (χ2v) is 11.2. The van der Waals surface area contributed by atoms with Crippen LogP contribution in [0.25, 0.3) is 0 Å². The van der Waals surface area contributed by atoms with Gasteiger partial charge in [-0.3, -0.25) is 9.69 Å². The van der Waals surface area contributed by atoms with E-state index in [1.807, 2.05) is 24.3 Å². The van der Waals surface area contributed by atoms with Crippen LogP contribution in [0.4, 0.5) is 5.69 Å². The zero-order chi connectivity index (χ0) is 20.6. The molecule has 1 amide bonds. The van der Waals surface area contributed by atoms with E-state index in [1.165, 1.54) is 24.0 Å². The second kappa shape index (κ2) is 8.23. The molecular weight excluding hydrogens is 384 g/mol. The number of amides is 1. The Hall–Kier alpha value is -1.66. The second-order valence-electron chi connectivity index (χ2n) is 9.05. The first kappa shape index (κ1) is 20.6. The summed E-state index contributed by atoms with van der Waals surface area (Å²) in [5, 5.41) is 0. The largest absolute Gasteiger partial charge is 0.306 e. The van der Waals surface area contributed by atoms with Gasteiger partial charge in [-0.1, -0.05) is 37.6 Å². The summed E-state index contributed by atoms with van der Waals surface area (Å²) >= 11 is 0. The van der Waals surface area contributed by atoms with E-state index in [4.69, 9.17) is 0 Å². The minimum absolute atomic E-state index is 0.0123. The smallest absolute Gasteiger partial charge is 0.241 e. The highest BCUT2D eigenvalue weighted by atomic mass is 32.2. The van der Waals surface area contributed by atoms with Crippen molar-refractivity contribution in [3.63, 3.8) is 0 Å². The number of sulfone groups is 1. The topological polar surface area (TPSA) is 57.7 Å². The van der Waals surface area contributed by atoms with Gasteiger partial charge in [0, 0.05) is 18.3 Å². The molecule has 0 saturated carbocycles. The number of hydrogen-bond acceptors (Lipinski definition) is 4.